The molecule has 0 fully saturated rings. The maximum Gasteiger partial charge on any atom is 0.0874 e. The fourth-order valence-electron chi connectivity index (χ4n) is 2.55. The zero-order valence-electron chi connectivity index (χ0n) is 13.1. The van der Waals surface area contributed by atoms with Crippen LogP contribution >= 0.6 is 40.6 Å². The van der Waals surface area contributed by atoms with Gasteiger partial charge in [0.1, 0.15) is 0 Å². The number of rotatable bonds is 8. The van der Waals surface area contributed by atoms with Crippen LogP contribution in [0.3, 0.4) is 0 Å². The van der Waals surface area contributed by atoms with Gasteiger partial charge in [-0.25, -0.2) is 0 Å². The van der Waals surface area contributed by atoms with Crippen LogP contribution in [0.1, 0.15) is 47.6 Å². The van der Waals surface area contributed by atoms with Crippen LogP contribution in [0, 0.1) is 0 Å². The maximum absolute atomic E-state index is 5.98. The van der Waals surface area contributed by atoms with Crippen LogP contribution in [-0.2, 0) is 16.3 Å². The van der Waals surface area contributed by atoms with E-state index in [0.29, 0.717) is 26.2 Å². The Morgan fingerprint density at radius 1 is 0.913 bits per heavy atom. The first-order valence-corrected chi connectivity index (χ1v) is 11.4. The molecule has 2 rings (SSSR count). The molecule has 0 bridgehead atoms. The molecular weight excluding hydrogens is 365 g/mol. The molecule has 23 heavy (non-hydrogen) atoms. The molecule has 0 saturated heterocycles. The molecule has 0 radical (unpaired) electrons. The number of hydrogen-bond donors (Lipinski definition) is 0. The largest absolute Gasteiger partial charge is 0.351 e. The first kappa shape index (κ1) is 19.2. The zero-order chi connectivity index (χ0) is 16.7. The topological polar surface area (TPSA) is 9.23 Å². The predicted molar refractivity (Wildman–Crippen MR) is 107 cm³/mol. The van der Waals surface area contributed by atoms with Crippen molar-refractivity contribution in [1.29, 1.82) is 0 Å². The van der Waals surface area contributed by atoms with Gasteiger partial charge in [0, 0.05) is 20.3 Å². The molecule has 0 amide bonds. The molecule has 2 aromatic rings. The smallest absolute Gasteiger partial charge is 0.0874 e. The Balaban J connectivity index is 2.10. The van der Waals surface area contributed by atoms with Gasteiger partial charge in [-0.05, 0) is 34.6 Å². The van der Waals surface area contributed by atoms with E-state index in [1.165, 1.54) is 11.1 Å². The minimum Gasteiger partial charge on any atom is -0.351 e. The minimum atomic E-state index is 0.0953. The molecule has 124 valence electrons. The molecule has 0 aliphatic carbocycles. The van der Waals surface area contributed by atoms with Gasteiger partial charge >= 0.3 is 0 Å². The number of hydrogen-bond acceptors (Lipinski definition) is 1. The summed E-state index contributed by atoms with van der Waals surface area (Å²) in [5, 5.41) is 0. The Labute approximate surface area is 153 Å². The van der Waals surface area contributed by atoms with E-state index >= 15 is 0 Å². The van der Waals surface area contributed by atoms with Crippen LogP contribution in [0.15, 0.2) is 48.5 Å². The summed E-state index contributed by atoms with van der Waals surface area (Å²) in [4.78, 5) is 0. The van der Waals surface area contributed by atoms with Crippen molar-refractivity contribution in [2.24, 2.45) is 0 Å². The first-order chi connectivity index (χ1) is 11.2. The summed E-state index contributed by atoms with van der Waals surface area (Å²) < 4.78 is 5.98. The summed E-state index contributed by atoms with van der Waals surface area (Å²) in [7, 11) is 3.05. The predicted octanol–water partition coefficient (Wildman–Crippen LogP) is 6.80. The summed E-state index contributed by atoms with van der Waals surface area (Å²) in [6.07, 6.45) is 1.04. The van der Waals surface area contributed by atoms with Crippen LogP contribution in [0.4, 0.5) is 0 Å². The van der Waals surface area contributed by atoms with Crippen molar-refractivity contribution in [3.8, 4) is 0 Å². The SMILES string of the molecule is CC(CC(OPP)c1ccc(CCl)cc1)c1ccc(CCl)cc1. The lowest BCUT2D eigenvalue weighted by molar-refractivity contribution is 0.220. The lowest BCUT2D eigenvalue weighted by Crippen LogP contribution is -2.05. The Morgan fingerprint density at radius 2 is 1.39 bits per heavy atom. The minimum absolute atomic E-state index is 0.0953. The molecule has 5 heteroatoms. The van der Waals surface area contributed by atoms with Crippen molar-refractivity contribution in [3.05, 3.63) is 70.8 Å². The number of alkyl halides is 2. The fraction of sp³-hybridized carbons (Fsp3) is 0.333. The van der Waals surface area contributed by atoms with Crippen LogP contribution < -0.4 is 0 Å². The van der Waals surface area contributed by atoms with Crippen molar-refractivity contribution >= 4 is 40.6 Å². The molecule has 2 aromatic carbocycles. The van der Waals surface area contributed by atoms with Gasteiger partial charge in [0.2, 0.25) is 0 Å². The van der Waals surface area contributed by atoms with E-state index < -0.39 is 0 Å². The van der Waals surface area contributed by atoms with Crippen molar-refractivity contribution < 1.29 is 4.52 Å². The van der Waals surface area contributed by atoms with E-state index in [9.17, 15) is 0 Å². The molecule has 4 atom stereocenters. The third kappa shape index (κ3) is 5.70. The average Bonchev–Trinajstić information content (AvgIpc) is 2.61. The Kier molecular flexibility index (Phi) is 8.31. The van der Waals surface area contributed by atoms with E-state index in [1.807, 2.05) is 0 Å². The molecule has 0 aliphatic rings. The van der Waals surface area contributed by atoms with Crippen LogP contribution in [-0.4, -0.2) is 0 Å². The summed E-state index contributed by atoms with van der Waals surface area (Å²) in [6, 6.07) is 16.9. The standard InChI is InChI=1S/C18H22Cl2OP2/c1-13(16-6-2-14(11-19)3-7-16)10-18(21-23-22)17-8-4-15(12-20)5-9-17/h2-9,13,18,23H,10-12,22H2,1H3. The van der Waals surface area contributed by atoms with Crippen LogP contribution in [0.25, 0.3) is 0 Å². The second-order valence-electron chi connectivity index (χ2n) is 5.61. The van der Waals surface area contributed by atoms with Crippen molar-refractivity contribution in [2.45, 2.75) is 37.1 Å². The van der Waals surface area contributed by atoms with Gasteiger partial charge in [0.15, 0.2) is 0 Å². The Morgan fingerprint density at radius 3 is 1.83 bits per heavy atom. The van der Waals surface area contributed by atoms with Crippen molar-refractivity contribution in [3.63, 3.8) is 0 Å². The molecule has 1 nitrogen and oxygen atoms in total. The van der Waals surface area contributed by atoms with Gasteiger partial charge in [-0.15, -0.1) is 23.2 Å². The van der Waals surface area contributed by atoms with Crippen LogP contribution in [0.5, 0.6) is 0 Å². The van der Waals surface area contributed by atoms with Crippen molar-refractivity contribution in [1.82, 2.24) is 0 Å². The van der Waals surface area contributed by atoms with E-state index in [1.54, 1.807) is 0 Å². The molecule has 0 saturated carbocycles. The maximum atomic E-state index is 5.98. The number of benzene rings is 2. The molecule has 0 aromatic heterocycles. The molecular formula is C18H22Cl2OP2. The van der Waals surface area contributed by atoms with Gasteiger partial charge < -0.3 is 4.52 Å². The highest BCUT2D eigenvalue weighted by atomic mass is 35.5. The molecule has 0 aliphatic heterocycles. The van der Waals surface area contributed by atoms with Gasteiger partial charge in [-0.2, -0.15) is 0 Å². The lowest BCUT2D eigenvalue weighted by atomic mass is 9.91. The third-order valence-corrected chi connectivity index (χ3v) is 5.43. The Bertz CT molecular complexity index is 587. The summed E-state index contributed by atoms with van der Waals surface area (Å²) in [5.41, 5.74) is 4.81. The van der Waals surface area contributed by atoms with Gasteiger partial charge in [-0.1, -0.05) is 64.4 Å². The number of halogens is 2. The molecule has 0 heterocycles. The van der Waals surface area contributed by atoms with Gasteiger partial charge in [0.05, 0.1) is 6.10 Å². The molecule has 0 spiro atoms. The highest BCUT2D eigenvalue weighted by Crippen LogP contribution is 2.38. The average molecular weight is 387 g/mol. The lowest BCUT2D eigenvalue weighted by Gasteiger charge is -2.22. The second-order valence-corrected chi connectivity index (χ2v) is 7.32. The zero-order valence-corrected chi connectivity index (χ0v) is 16.8. The molecule has 0 N–H and O–H groups in total. The summed E-state index contributed by atoms with van der Waals surface area (Å²) >= 11 is 11.7. The van der Waals surface area contributed by atoms with Gasteiger partial charge in [-0.3, -0.25) is 0 Å². The molecule has 4 unspecified atom stereocenters. The highest BCUT2D eigenvalue weighted by Gasteiger charge is 2.17. The normalized spacial score (nSPS) is 14.3. The summed E-state index contributed by atoms with van der Waals surface area (Å²) in [5.74, 6) is 1.51. The van der Waals surface area contributed by atoms with Crippen molar-refractivity contribution in [2.75, 3.05) is 0 Å². The van der Waals surface area contributed by atoms with Gasteiger partial charge in [0.25, 0.3) is 0 Å². The van der Waals surface area contributed by atoms with E-state index in [-0.39, 0.29) is 6.10 Å². The van der Waals surface area contributed by atoms with E-state index in [2.05, 4.69) is 64.4 Å². The fourth-order valence-corrected chi connectivity index (χ4v) is 3.79. The van der Waals surface area contributed by atoms with Crippen LogP contribution in [0.2, 0.25) is 0 Å². The van der Waals surface area contributed by atoms with E-state index in [4.69, 9.17) is 27.7 Å². The Hall–Kier alpha value is -0.160. The quantitative estimate of drug-likeness (QED) is 0.358. The first-order valence-electron chi connectivity index (χ1n) is 7.58. The van der Waals surface area contributed by atoms with E-state index in [0.717, 1.165) is 17.5 Å². The second kappa shape index (κ2) is 9.97. The highest BCUT2D eigenvalue weighted by molar-refractivity contribution is 8.00. The monoisotopic (exact) mass is 386 g/mol. The third-order valence-electron chi connectivity index (χ3n) is 3.99. The summed E-state index contributed by atoms with van der Waals surface area (Å²) in [6.45, 7) is 2.24.